The van der Waals surface area contributed by atoms with E-state index in [0.29, 0.717) is 29.3 Å². The van der Waals surface area contributed by atoms with Gasteiger partial charge in [-0.2, -0.15) is 0 Å². The zero-order valence-corrected chi connectivity index (χ0v) is 16.7. The molecule has 3 aromatic rings. The Bertz CT molecular complexity index is 1120. The first-order valence-corrected chi connectivity index (χ1v) is 10.3. The van der Waals surface area contributed by atoms with Crippen molar-refractivity contribution in [2.45, 2.75) is 18.7 Å². The number of sulfonamides is 1. The molecule has 0 saturated heterocycles. The number of aryl methyl sites for hydroxylation is 1. The number of nitrogens with zero attached hydrogens (tertiary/aromatic N) is 2. The molecule has 0 saturated carbocycles. The normalized spacial score (nSPS) is 11.0. The van der Waals surface area contributed by atoms with Gasteiger partial charge >= 0.3 is 0 Å². The van der Waals surface area contributed by atoms with Crippen LogP contribution < -0.4 is 14.8 Å². The van der Waals surface area contributed by atoms with Crippen molar-refractivity contribution in [3.8, 4) is 5.75 Å². The highest BCUT2D eigenvalue weighted by Gasteiger charge is 2.16. The molecule has 0 fully saturated rings. The Labute approximate surface area is 169 Å². The van der Waals surface area contributed by atoms with Crippen molar-refractivity contribution in [1.29, 1.82) is 0 Å². The number of anilines is 2. The van der Waals surface area contributed by atoms with Gasteiger partial charge in [-0.05, 0) is 62.4 Å². The number of benzene rings is 2. The smallest absolute Gasteiger partial charge is 0.264 e. The lowest BCUT2D eigenvalue weighted by Gasteiger charge is -2.09. The van der Waals surface area contributed by atoms with E-state index in [9.17, 15) is 13.2 Å². The predicted octanol–water partition coefficient (Wildman–Crippen LogP) is 3.24. The average Bonchev–Trinajstić information content (AvgIpc) is 2.68. The van der Waals surface area contributed by atoms with Crippen molar-refractivity contribution < 1.29 is 17.9 Å². The number of aromatic nitrogens is 2. The third-order valence-corrected chi connectivity index (χ3v) is 5.19. The van der Waals surface area contributed by atoms with Crippen LogP contribution in [0.15, 0.2) is 65.7 Å². The summed E-state index contributed by atoms with van der Waals surface area (Å²) in [5.41, 5.74) is 1.54. The minimum absolute atomic E-state index is 0.00319. The zero-order chi connectivity index (χ0) is 20.9. The van der Waals surface area contributed by atoms with Gasteiger partial charge in [-0.15, -0.1) is 0 Å². The van der Waals surface area contributed by atoms with E-state index < -0.39 is 10.0 Å². The van der Waals surface area contributed by atoms with Crippen molar-refractivity contribution in [2.24, 2.45) is 0 Å². The van der Waals surface area contributed by atoms with Gasteiger partial charge in [0, 0.05) is 23.1 Å². The molecule has 0 radical (unpaired) electrons. The molecular formula is C20H20N4O4S. The Balaban J connectivity index is 1.71. The van der Waals surface area contributed by atoms with Gasteiger partial charge in [0.25, 0.3) is 15.9 Å². The monoisotopic (exact) mass is 412 g/mol. The number of rotatable bonds is 7. The van der Waals surface area contributed by atoms with E-state index in [2.05, 4.69) is 20.0 Å². The molecule has 2 N–H and O–H groups in total. The molecule has 0 aliphatic rings. The van der Waals surface area contributed by atoms with Gasteiger partial charge in [0.1, 0.15) is 5.75 Å². The molecule has 0 aliphatic heterocycles. The summed E-state index contributed by atoms with van der Waals surface area (Å²) in [4.78, 5) is 20.4. The van der Waals surface area contributed by atoms with Gasteiger partial charge in [-0.3, -0.25) is 4.79 Å². The van der Waals surface area contributed by atoms with Crippen molar-refractivity contribution in [1.82, 2.24) is 9.97 Å². The molecule has 29 heavy (non-hydrogen) atoms. The zero-order valence-electron chi connectivity index (χ0n) is 15.9. The number of carbonyl (C=O) groups is 1. The minimum atomic E-state index is -3.84. The first-order valence-electron chi connectivity index (χ1n) is 8.84. The molecule has 150 valence electrons. The van der Waals surface area contributed by atoms with Crippen molar-refractivity contribution in [3.05, 3.63) is 72.1 Å². The molecular weight excluding hydrogens is 392 g/mol. The Morgan fingerprint density at radius 2 is 1.86 bits per heavy atom. The van der Waals surface area contributed by atoms with Gasteiger partial charge in [0.05, 0.1) is 11.5 Å². The summed E-state index contributed by atoms with van der Waals surface area (Å²) in [6, 6.07) is 14.3. The van der Waals surface area contributed by atoms with E-state index in [0.717, 1.165) is 0 Å². The predicted molar refractivity (Wildman–Crippen MR) is 110 cm³/mol. The Morgan fingerprint density at radius 1 is 1.10 bits per heavy atom. The molecule has 0 aliphatic carbocycles. The summed E-state index contributed by atoms with van der Waals surface area (Å²) in [5.74, 6) is 0.274. The highest BCUT2D eigenvalue weighted by Crippen LogP contribution is 2.18. The molecule has 2 aromatic carbocycles. The van der Waals surface area contributed by atoms with Crippen molar-refractivity contribution in [2.75, 3.05) is 16.6 Å². The van der Waals surface area contributed by atoms with E-state index in [4.69, 9.17) is 4.74 Å². The van der Waals surface area contributed by atoms with Crippen LogP contribution in [0.25, 0.3) is 0 Å². The van der Waals surface area contributed by atoms with Crippen LogP contribution in [0.4, 0.5) is 11.6 Å². The first-order chi connectivity index (χ1) is 13.9. The number of ether oxygens (including phenoxy) is 1. The molecule has 0 atom stereocenters. The largest absolute Gasteiger partial charge is 0.494 e. The third kappa shape index (κ3) is 5.29. The van der Waals surface area contributed by atoms with Crippen LogP contribution in [0.5, 0.6) is 5.75 Å². The standard InChI is InChI=1S/C20H20N4O4S/c1-3-28-17-6-4-5-15(13-17)19(25)23-16-7-9-18(10-8-16)29(26,27)24-20-21-12-11-14(2)22-20/h4-13H,3H2,1-2H3,(H,23,25)(H,21,22,24). The van der Waals surface area contributed by atoms with Gasteiger partial charge < -0.3 is 10.1 Å². The lowest BCUT2D eigenvalue weighted by Crippen LogP contribution is -2.16. The Kier molecular flexibility index (Phi) is 6.08. The van der Waals surface area contributed by atoms with Crippen LogP contribution in [0.3, 0.4) is 0 Å². The van der Waals surface area contributed by atoms with Gasteiger partial charge in [0.15, 0.2) is 0 Å². The summed E-state index contributed by atoms with van der Waals surface area (Å²) < 4.78 is 32.7. The molecule has 1 aromatic heterocycles. The number of hydrogen-bond acceptors (Lipinski definition) is 6. The second-order valence-electron chi connectivity index (χ2n) is 6.07. The number of hydrogen-bond donors (Lipinski definition) is 2. The minimum Gasteiger partial charge on any atom is -0.494 e. The van der Waals surface area contributed by atoms with Crippen LogP contribution >= 0.6 is 0 Å². The van der Waals surface area contributed by atoms with E-state index in [1.165, 1.54) is 30.5 Å². The topological polar surface area (TPSA) is 110 Å². The Hall–Kier alpha value is -3.46. The first kappa shape index (κ1) is 20.3. The number of nitrogens with one attached hydrogen (secondary N) is 2. The summed E-state index contributed by atoms with van der Waals surface area (Å²) in [6.07, 6.45) is 1.47. The van der Waals surface area contributed by atoms with E-state index in [-0.39, 0.29) is 16.8 Å². The molecule has 3 rings (SSSR count). The maximum absolute atomic E-state index is 12.5. The molecule has 0 unspecified atom stereocenters. The van der Waals surface area contributed by atoms with E-state index >= 15 is 0 Å². The van der Waals surface area contributed by atoms with Crippen molar-refractivity contribution >= 4 is 27.6 Å². The fraction of sp³-hybridized carbons (Fsp3) is 0.150. The quantitative estimate of drug-likeness (QED) is 0.616. The molecule has 0 bridgehead atoms. The fourth-order valence-corrected chi connectivity index (χ4v) is 3.44. The summed E-state index contributed by atoms with van der Waals surface area (Å²) in [7, 11) is -3.84. The van der Waals surface area contributed by atoms with Gasteiger partial charge in [0.2, 0.25) is 5.95 Å². The molecule has 1 heterocycles. The maximum atomic E-state index is 12.5. The van der Waals surface area contributed by atoms with Gasteiger partial charge in [-0.1, -0.05) is 6.07 Å². The van der Waals surface area contributed by atoms with Crippen LogP contribution in [-0.2, 0) is 10.0 Å². The third-order valence-electron chi connectivity index (χ3n) is 3.85. The highest BCUT2D eigenvalue weighted by molar-refractivity contribution is 7.92. The lowest BCUT2D eigenvalue weighted by molar-refractivity contribution is 0.102. The van der Waals surface area contributed by atoms with Crippen LogP contribution in [-0.4, -0.2) is 30.9 Å². The summed E-state index contributed by atoms with van der Waals surface area (Å²) >= 11 is 0. The number of carbonyl (C=O) groups excluding carboxylic acids is 1. The molecule has 9 heteroatoms. The number of amides is 1. The van der Waals surface area contributed by atoms with Crippen LogP contribution in [0, 0.1) is 6.92 Å². The van der Waals surface area contributed by atoms with Crippen molar-refractivity contribution in [3.63, 3.8) is 0 Å². The van der Waals surface area contributed by atoms with Crippen LogP contribution in [0.1, 0.15) is 23.0 Å². The second-order valence-corrected chi connectivity index (χ2v) is 7.75. The summed E-state index contributed by atoms with van der Waals surface area (Å²) in [6.45, 7) is 4.10. The van der Waals surface area contributed by atoms with E-state index in [1.807, 2.05) is 6.92 Å². The SMILES string of the molecule is CCOc1cccc(C(=O)Nc2ccc(S(=O)(=O)Nc3nccc(C)n3)cc2)c1. The molecule has 8 nitrogen and oxygen atoms in total. The molecule has 0 spiro atoms. The lowest BCUT2D eigenvalue weighted by atomic mass is 10.2. The highest BCUT2D eigenvalue weighted by atomic mass is 32.2. The fourth-order valence-electron chi connectivity index (χ4n) is 2.49. The Morgan fingerprint density at radius 3 is 2.55 bits per heavy atom. The molecule has 1 amide bonds. The van der Waals surface area contributed by atoms with E-state index in [1.54, 1.807) is 37.3 Å². The second kappa shape index (κ2) is 8.70. The summed E-state index contributed by atoms with van der Waals surface area (Å²) in [5, 5.41) is 2.73. The maximum Gasteiger partial charge on any atom is 0.264 e. The van der Waals surface area contributed by atoms with Crippen LogP contribution in [0.2, 0.25) is 0 Å². The average molecular weight is 412 g/mol. The van der Waals surface area contributed by atoms with Gasteiger partial charge in [-0.25, -0.2) is 23.1 Å².